The first-order valence-corrected chi connectivity index (χ1v) is 5.70. The molecule has 80 valence electrons. The van der Waals surface area contributed by atoms with Gasteiger partial charge < -0.3 is 4.74 Å². The summed E-state index contributed by atoms with van der Waals surface area (Å²) >= 11 is 2.33. The van der Waals surface area contributed by atoms with Crippen LogP contribution in [0.2, 0.25) is 0 Å². The molecule has 1 aromatic rings. The van der Waals surface area contributed by atoms with Gasteiger partial charge in [0.25, 0.3) is 0 Å². The molecule has 14 heavy (non-hydrogen) atoms. The Labute approximate surface area is 99.0 Å². The maximum absolute atomic E-state index is 5.38. The van der Waals surface area contributed by atoms with Gasteiger partial charge in [0.15, 0.2) is 0 Å². The van der Waals surface area contributed by atoms with E-state index >= 15 is 0 Å². The highest BCUT2D eigenvalue weighted by Crippen LogP contribution is 2.18. The van der Waals surface area contributed by atoms with Gasteiger partial charge in [0.2, 0.25) is 0 Å². The SMILES string of the molecule is COC(C)(C)Cn1nc(C)c(I)c1C. The van der Waals surface area contributed by atoms with Gasteiger partial charge in [-0.25, -0.2) is 0 Å². The van der Waals surface area contributed by atoms with Crippen LogP contribution >= 0.6 is 22.6 Å². The van der Waals surface area contributed by atoms with Crippen molar-refractivity contribution in [1.82, 2.24) is 9.78 Å². The lowest BCUT2D eigenvalue weighted by atomic mass is 10.1. The lowest BCUT2D eigenvalue weighted by Crippen LogP contribution is -2.30. The molecule has 3 nitrogen and oxygen atoms in total. The molecule has 0 amide bonds. The van der Waals surface area contributed by atoms with E-state index in [1.54, 1.807) is 7.11 Å². The highest BCUT2D eigenvalue weighted by Gasteiger charge is 2.20. The second-order valence-electron chi connectivity index (χ2n) is 4.11. The molecule has 1 aromatic heterocycles. The van der Waals surface area contributed by atoms with Crippen molar-refractivity contribution in [2.75, 3.05) is 7.11 Å². The highest BCUT2D eigenvalue weighted by molar-refractivity contribution is 14.1. The van der Waals surface area contributed by atoms with Gasteiger partial charge in [0, 0.05) is 12.8 Å². The number of halogens is 1. The van der Waals surface area contributed by atoms with Crippen molar-refractivity contribution < 1.29 is 4.74 Å². The fourth-order valence-electron chi connectivity index (χ4n) is 1.25. The van der Waals surface area contributed by atoms with Gasteiger partial charge in [-0.2, -0.15) is 5.10 Å². The highest BCUT2D eigenvalue weighted by atomic mass is 127. The van der Waals surface area contributed by atoms with E-state index in [1.165, 1.54) is 9.26 Å². The second kappa shape index (κ2) is 4.18. The number of hydrogen-bond donors (Lipinski definition) is 0. The second-order valence-corrected chi connectivity index (χ2v) is 5.19. The number of methoxy groups -OCH3 is 1. The van der Waals surface area contributed by atoms with Crippen LogP contribution in [-0.4, -0.2) is 22.5 Å². The zero-order chi connectivity index (χ0) is 10.9. The molecule has 1 heterocycles. The number of rotatable bonds is 3. The zero-order valence-electron chi connectivity index (χ0n) is 9.39. The average Bonchev–Trinajstić information content (AvgIpc) is 2.33. The number of aryl methyl sites for hydroxylation is 1. The molecule has 0 aliphatic rings. The normalized spacial score (nSPS) is 12.1. The molecule has 0 atom stereocenters. The van der Waals surface area contributed by atoms with E-state index in [0.29, 0.717) is 0 Å². The summed E-state index contributed by atoms with van der Waals surface area (Å²) in [6.07, 6.45) is 0. The summed E-state index contributed by atoms with van der Waals surface area (Å²) in [6, 6.07) is 0. The molecule has 0 aromatic carbocycles. The van der Waals surface area contributed by atoms with Crippen LogP contribution in [0.5, 0.6) is 0 Å². The first kappa shape index (κ1) is 12.0. The fraction of sp³-hybridized carbons (Fsp3) is 0.700. The minimum atomic E-state index is -0.160. The molecule has 0 saturated carbocycles. The molecule has 0 N–H and O–H groups in total. The van der Waals surface area contributed by atoms with Crippen molar-refractivity contribution in [3.8, 4) is 0 Å². The van der Waals surface area contributed by atoms with E-state index in [4.69, 9.17) is 4.74 Å². The molecule has 0 aliphatic heterocycles. The molecule has 0 spiro atoms. The Kier molecular flexibility index (Phi) is 3.58. The molecule has 0 saturated heterocycles. The zero-order valence-corrected chi connectivity index (χ0v) is 11.5. The van der Waals surface area contributed by atoms with Gasteiger partial charge in [0.1, 0.15) is 0 Å². The quantitative estimate of drug-likeness (QED) is 0.802. The monoisotopic (exact) mass is 308 g/mol. The molecule has 0 aliphatic carbocycles. The first-order valence-electron chi connectivity index (χ1n) is 4.62. The van der Waals surface area contributed by atoms with Crippen LogP contribution in [-0.2, 0) is 11.3 Å². The van der Waals surface area contributed by atoms with Crippen LogP contribution in [0, 0.1) is 17.4 Å². The third-order valence-corrected chi connectivity index (χ3v) is 3.94. The molecule has 0 radical (unpaired) electrons. The van der Waals surface area contributed by atoms with Gasteiger partial charge in [-0.15, -0.1) is 0 Å². The number of hydrogen-bond acceptors (Lipinski definition) is 2. The molecule has 0 unspecified atom stereocenters. The van der Waals surface area contributed by atoms with Gasteiger partial charge in [-0.05, 0) is 50.3 Å². The smallest absolute Gasteiger partial charge is 0.0817 e. The van der Waals surface area contributed by atoms with Crippen molar-refractivity contribution in [2.24, 2.45) is 0 Å². The van der Waals surface area contributed by atoms with Crippen molar-refractivity contribution in [1.29, 1.82) is 0 Å². The van der Waals surface area contributed by atoms with Crippen LogP contribution in [0.1, 0.15) is 25.2 Å². The number of ether oxygens (including phenoxy) is 1. The topological polar surface area (TPSA) is 27.1 Å². The van der Waals surface area contributed by atoms with E-state index in [2.05, 4.69) is 48.5 Å². The Morgan fingerprint density at radius 3 is 2.36 bits per heavy atom. The standard InChI is InChI=1S/C10H17IN2O/c1-7-9(11)8(2)13(12-7)6-10(3,4)14-5/h6H2,1-5H3. The summed E-state index contributed by atoms with van der Waals surface area (Å²) in [5.41, 5.74) is 2.15. The molecule has 4 heteroatoms. The molecule has 1 rings (SSSR count). The fourth-order valence-corrected chi connectivity index (χ4v) is 1.64. The Balaban J connectivity index is 2.93. The third-order valence-electron chi connectivity index (χ3n) is 2.38. The van der Waals surface area contributed by atoms with Crippen molar-refractivity contribution in [3.63, 3.8) is 0 Å². The predicted molar refractivity (Wildman–Crippen MR) is 65.5 cm³/mol. The van der Waals surface area contributed by atoms with Crippen LogP contribution in [0.25, 0.3) is 0 Å². The lowest BCUT2D eigenvalue weighted by Gasteiger charge is -2.23. The molecular formula is C10H17IN2O. The minimum absolute atomic E-state index is 0.160. The summed E-state index contributed by atoms with van der Waals surface area (Å²) < 4.78 is 8.64. The summed E-state index contributed by atoms with van der Waals surface area (Å²) in [7, 11) is 1.73. The molecule has 0 fully saturated rings. The van der Waals surface area contributed by atoms with Gasteiger partial charge in [-0.3, -0.25) is 4.68 Å². The largest absolute Gasteiger partial charge is 0.377 e. The number of nitrogens with zero attached hydrogens (tertiary/aromatic N) is 2. The van der Waals surface area contributed by atoms with Crippen LogP contribution in [0.4, 0.5) is 0 Å². The summed E-state index contributed by atoms with van der Waals surface area (Å²) in [6.45, 7) is 9.05. The summed E-state index contributed by atoms with van der Waals surface area (Å²) in [5.74, 6) is 0. The lowest BCUT2D eigenvalue weighted by molar-refractivity contribution is 0.00488. The van der Waals surface area contributed by atoms with Crippen molar-refractivity contribution in [3.05, 3.63) is 15.0 Å². The Morgan fingerprint density at radius 2 is 2.00 bits per heavy atom. The maximum atomic E-state index is 5.38. The minimum Gasteiger partial charge on any atom is -0.377 e. The van der Waals surface area contributed by atoms with E-state index in [1.807, 2.05) is 11.6 Å². The van der Waals surface area contributed by atoms with Crippen LogP contribution in [0.3, 0.4) is 0 Å². The van der Waals surface area contributed by atoms with Crippen molar-refractivity contribution in [2.45, 2.75) is 39.8 Å². The first-order chi connectivity index (χ1) is 6.37. The molecular weight excluding hydrogens is 291 g/mol. The maximum Gasteiger partial charge on any atom is 0.0817 e. The van der Waals surface area contributed by atoms with Gasteiger partial charge in [-0.1, -0.05) is 0 Å². The van der Waals surface area contributed by atoms with E-state index < -0.39 is 0 Å². The van der Waals surface area contributed by atoms with Crippen LogP contribution in [0.15, 0.2) is 0 Å². The summed E-state index contributed by atoms with van der Waals surface area (Å²) in [4.78, 5) is 0. The Hall–Kier alpha value is -0.100. The summed E-state index contributed by atoms with van der Waals surface area (Å²) in [5, 5.41) is 4.47. The Bertz CT molecular complexity index is 331. The average molecular weight is 308 g/mol. The van der Waals surface area contributed by atoms with E-state index in [9.17, 15) is 0 Å². The predicted octanol–water partition coefficient (Wildman–Crippen LogP) is 2.53. The molecule has 0 bridgehead atoms. The van der Waals surface area contributed by atoms with E-state index in [0.717, 1.165) is 12.2 Å². The van der Waals surface area contributed by atoms with Crippen molar-refractivity contribution >= 4 is 22.6 Å². The third kappa shape index (κ3) is 2.48. The number of aromatic nitrogens is 2. The van der Waals surface area contributed by atoms with Crippen LogP contribution < -0.4 is 0 Å². The van der Waals surface area contributed by atoms with E-state index in [-0.39, 0.29) is 5.60 Å². The van der Waals surface area contributed by atoms with Gasteiger partial charge in [0.05, 0.1) is 21.4 Å². The Morgan fingerprint density at radius 1 is 1.43 bits per heavy atom. The van der Waals surface area contributed by atoms with Gasteiger partial charge >= 0.3 is 0 Å².